The Bertz CT molecular complexity index is 1190. The molecule has 4 nitrogen and oxygen atoms in total. The summed E-state index contributed by atoms with van der Waals surface area (Å²) in [5.41, 5.74) is -0.684. The van der Waals surface area contributed by atoms with Crippen LogP contribution in [0.3, 0.4) is 0 Å². The standard InChI is InChI=1S/C23H18Cl3F7N2O2/c1-10-5-12(3-4-14(10)21(37)35-11(2)20(36)34-9-22(28,29)30)18(27)8-15(23(31,32)33)13-6-16(24)19(26)17(25)7-13/h3-8,11,15H,9H2,1-2H3,(H,34,36)(H,35,37)/b18-8-/t11-,15?/m1/s1. The Hall–Kier alpha value is -2.50. The average Bonchev–Trinajstić information content (AvgIpc) is 2.77. The topological polar surface area (TPSA) is 58.2 Å². The molecule has 2 amide bonds. The Labute approximate surface area is 221 Å². The number of benzene rings is 2. The molecule has 202 valence electrons. The molecule has 0 aliphatic carbocycles. The van der Waals surface area contributed by atoms with Crippen LogP contribution in [0.15, 0.2) is 36.4 Å². The van der Waals surface area contributed by atoms with E-state index in [0.29, 0.717) is 6.08 Å². The van der Waals surface area contributed by atoms with Gasteiger partial charge in [0.1, 0.15) is 24.3 Å². The summed E-state index contributed by atoms with van der Waals surface area (Å²) in [7, 11) is 0. The zero-order valence-corrected chi connectivity index (χ0v) is 21.2. The van der Waals surface area contributed by atoms with Crippen molar-refractivity contribution >= 4 is 52.4 Å². The molecule has 0 saturated heterocycles. The fourth-order valence-corrected chi connectivity index (χ4v) is 3.74. The van der Waals surface area contributed by atoms with Crippen molar-refractivity contribution in [1.82, 2.24) is 10.6 Å². The van der Waals surface area contributed by atoms with Crippen molar-refractivity contribution < 1.29 is 40.3 Å². The summed E-state index contributed by atoms with van der Waals surface area (Å²) in [5.74, 6) is -5.64. The maximum atomic E-state index is 14.9. The van der Waals surface area contributed by atoms with Gasteiger partial charge in [-0.15, -0.1) is 0 Å². The van der Waals surface area contributed by atoms with Gasteiger partial charge in [0.2, 0.25) is 5.91 Å². The highest BCUT2D eigenvalue weighted by atomic mass is 35.5. The van der Waals surface area contributed by atoms with E-state index in [9.17, 15) is 40.3 Å². The van der Waals surface area contributed by atoms with Gasteiger partial charge in [0.15, 0.2) is 0 Å². The Morgan fingerprint density at radius 1 is 1.00 bits per heavy atom. The largest absolute Gasteiger partial charge is 0.405 e. The normalized spacial score (nSPS) is 14.2. The highest BCUT2D eigenvalue weighted by Gasteiger charge is 2.40. The number of allylic oxidation sites excluding steroid dienone is 1. The van der Waals surface area contributed by atoms with Crippen molar-refractivity contribution in [1.29, 1.82) is 0 Å². The smallest absolute Gasteiger partial charge is 0.345 e. The van der Waals surface area contributed by atoms with Gasteiger partial charge in [-0.05, 0) is 55.3 Å². The first kappa shape index (κ1) is 30.7. The summed E-state index contributed by atoms with van der Waals surface area (Å²) in [6.07, 6.45) is -9.24. The quantitative estimate of drug-likeness (QED) is 0.260. The fourth-order valence-electron chi connectivity index (χ4n) is 3.12. The van der Waals surface area contributed by atoms with Crippen LogP contribution in [0.4, 0.5) is 30.7 Å². The maximum absolute atomic E-state index is 14.9. The second-order valence-corrected chi connectivity index (χ2v) is 9.08. The maximum Gasteiger partial charge on any atom is 0.405 e. The summed E-state index contributed by atoms with van der Waals surface area (Å²) >= 11 is 17.4. The van der Waals surface area contributed by atoms with Crippen LogP contribution in [0.2, 0.25) is 15.1 Å². The first-order valence-corrected chi connectivity index (χ1v) is 11.4. The number of carbonyl (C=O) groups excluding carboxylic acids is 2. The van der Waals surface area contributed by atoms with Crippen molar-refractivity contribution in [2.75, 3.05) is 6.54 Å². The van der Waals surface area contributed by atoms with Crippen molar-refractivity contribution in [2.24, 2.45) is 0 Å². The molecule has 0 spiro atoms. The molecular formula is C23H18Cl3F7N2O2. The average molecular weight is 594 g/mol. The fraction of sp³-hybridized carbons (Fsp3) is 0.304. The van der Waals surface area contributed by atoms with Gasteiger partial charge in [-0.3, -0.25) is 9.59 Å². The molecule has 0 aliphatic rings. The van der Waals surface area contributed by atoms with E-state index in [4.69, 9.17) is 34.8 Å². The van der Waals surface area contributed by atoms with Crippen LogP contribution in [0.5, 0.6) is 0 Å². The van der Waals surface area contributed by atoms with E-state index in [-0.39, 0.29) is 31.8 Å². The van der Waals surface area contributed by atoms with Crippen molar-refractivity contribution in [3.05, 3.63) is 73.7 Å². The first-order chi connectivity index (χ1) is 16.9. The van der Waals surface area contributed by atoms with E-state index in [1.165, 1.54) is 6.92 Å². The molecule has 2 aromatic rings. The van der Waals surface area contributed by atoms with E-state index in [1.807, 2.05) is 0 Å². The Balaban J connectivity index is 2.27. The van der Waals surface area contributed by atoms with Crippen molar-refractivity contribution in [3.8, 4) is 0 Å². The number of aryl methyl sites for hydroxylation is 1. The van der Waals surface area contributed by atoms with E-state index >= 15 is 0 Å². The molecule has 0 heterocycles. The monoisotopic (exact) mass is 592 g/mol. The molecule has 2 rings (SSSR count). The molecule has 14 heteroatoms. The molecule has 1 unspecified atom stereocenters. The lowest BCUT2D eigenvalue weighted by Gasteiger charge is -2.19. The molecule has 0 aliphatic heterocycles. The lowest BCUT2D eigenvalue weighted by Crippen LogP contribution is -2.47. The number of halogens is 10. The molecule has 0 saturated carbocycles. The molecule has 0 bridgehead atoms. The third kappa shape index (κ3) is 8.51. The number of amides is 2. The number of hydrogen-bond donors (Lipinski definition) is 2. The summed E-state index contributed by atoms with van der Waals surface area (Å²) in [4.78, 5) is 24.2. The third-order valence-electron chi connectivity index (χ3n) is 4.98. The van der Waals surface area contributed by atoms with Crippen LogP contribution in [0.1, 0.15) is 39.9 Å². The third-order valence-corrected chi connectivity index (χ3v) is 6.18. The molecule has 2 N–H and O–H groups in total. The molecule has 0 fully saturated rings. The van der Waals surface area contributed by atoms with Gasteiger partial charge in [-0.25, -0.2) is 4.39 Å². The Morgan fingerprint density at radius 3 is 2.05 bits per heavy atom. The van der Waals surface area contributed by atoms with Gasteiger partial charge < -0.3 is 10.6 Å². The van der Waals surface area contributed by atoms with Crippen LogP contribution in [0.25, 0.3) is 5.83 Å². The van der Waals surface area contributed by atoms with Gasteiger partial charge in [0.25, 0.3) is 5.91 Å². The lowest BCUT2D eigenvalue weighted by molar-refractivity contribution is -0.139. The van der Waals surface area contributed by atoms with Crippen LogP contribution in [-0.2, 0) is 4.79 Å². The highest BCUT2D eigenvalue weighted by Crippen LogP contribution is 2.42. The predicted molar refractivity (Wildman–Crippen MR) is 127 cm³/mol. The van der Waals surface area contributed by atoms with Gasteiger partial charge in [0, 0.05) is 11.1 Å². The van der Waals surface area contributed by atoms with E-state index in [2.05, 4.69) is 5.32 Å². The zero-order valence-electron chi connectivity index (χ0n) is 18.9. The lowest BCUT2D eigenvalue weighted by atomic mass is 9.95. The number of nitrogens with one attached hydrogen (secondary N) is 2. The summed E-state index contributed by atoms with van der Waals surface area (Å²) in [6.45, 7) is 0.932. The molecule has 2 atom stereocenters. The highest BCUT2D eigenvalue weighted by molar-refractivity contribution is 6.48. The minimum absolute atomic E-state index is 0.0735. The van der Waals surface area contributed by atoms with E-state index < -0.39 is 54.1 Å². The zero-order chi connectivity index (χ0) is 28.3. The SMILES string of the molecule is Cc1cc(/C(F)=C/C(c2cc(Cl)c(Cl)c(Cl)c2)C(F)(F)F)ccc1C(=O)N[C@H](C)C(=O)NCC(F)(F)F. The molecule has 0 radical (unpaired) electrons. The van der Waals surface area contributed by atoms with Gasteiger partial charge in [0.05, 0.1) is 15.1 Å². The Kier molecular flexibility index (Phi) is 9.89. The predicted octanol–water partition coefficient (Wildman–Crippen LogP) is 7.41. The van der Waals surface area contributed by atoms with Crippen molar-refractivity contribution in [2.45, 2.75) is 38.2 Å². The van der Waals surface area contributed by atoms with Crippen LogP contribution < -0.4 is 10.6 Å². The molecule has 0 aromatic heterocycles. The number of carbonyl (C=O) groups is 2. The van der Waals surface area contributed by atoms with E-state index in [1.54, 1.807) is 5.32 Å². The van der Waals surface area contributed by atoms with Gasteiger partial charge >= 0.3 is 12.4 Å². The minimum atomic E-state index is -4.92. The number of rotatable bonds is 7. The van der Waals surface area contributed by atoms with Crippen LogP contribution in [0, 0.1) is 6.92 Å². The summed E-state index contributed by atoms with van der Waals surface area (Å²) < 4.78 is 92.8. The summed E-state index contributed by atoms with van der Waals surface area (Å²) in [5, 5.41) is 3.16. The summed E-state index contributed by atoms with van der Waals surface area (Å²) in [6, 6.07) is 3.75. The number of hydrogen-bond acceptors (Lipinski definition) is 2. The van der Waals surface area contributed by atoms with E-state index in [0.717, 1.165) is 37.3 Å². The molecular weight excluding hydrogens is 576 g/mol. The second kappa shape index (κ2) is 11.9. The first-order valence-electron chi connectivity index (χ1n) is 10.3. The van der Waals surface area contributed by atoms with Crippen LogP contribution in [-0.4, -0.2) is 36.8 Å². The minimum Gasteiger partial charge on any atom is -0.345 e. The van der Waals surface area contributed by atoms with Gasteiger partial charge in [-0.2, -0.15) is 26.3 Å². The second-order valence-electron chi connectivity index (χ2n) is 7.89. The molecule has 37 heavy (non-hydrogen) atoms. The molecule has 2 aromatic carbocycles. The Morgan fingerprint density at radius 2 is 1.57 bits per heavy atom. The van der Waals surface area contributed by atoms with Crippen LogP contribution >= 0.6 is 34.8 Å². The van der Waals surface area contributed by atoms with Crippen molar-refractivity contribution in [3.63, 3.8) is 0 Å². The number of alkyl halides is 6. The van der Waals surface area contributed by atoms with Gasteiger partial charge in [-0.1, -0.05) is 40.9 Å².